The van der Waals surface area contributed by atoms with Crippen molar-refractivity contribution < 1.29 is 4.79 Å². The predicted molar refractivity (Wildman–Crippen MR) is 55.8 cm³/mol. The molecule has 1 amide bonds. The van der Waals surface area contributed by atoms with E-state index in [1.54, 1.807) is 25.2 Å². The van der Waals surface area contributed by atoms with Gasteiger partial charge >= 0.3 is 5.37 Å². The molecule has 2 nitrogen and oxygen atoms in total. The van der Waals surface area contributed by atoms with Gasteiger partial charge < -0.3 is 4.90 Å². The van der Waals surface area contributed by atoms with Gasteiger partial charge in [0.2, 0.25) is 0 Å². The number of halogens is 2. The Kier molecular flexibility index (Phi) is 3.17. The number of anilines is 1. The van der Waals surface area contributed by atoms with Crippen LogP contribution < -0.4 is 4.90 Å². The highest BCUT2D eigenvalue weighted by atomic mass is 35.5. The maximum absolute atomic E-state index is 10.8. The van der Waals surface area contributed by atoms with Crippen molar-refractivity contribution in [1.82, 2.24) is 0 Å². The summed E-state index contributed by atoms with van der Waals surface area (Å²) in [6, 6.07) is 5.27. The zero-order chi connectivity index (χ0) is 10.0. The molecule has 0 unspecified atom stereocenters. The van der Waals surface area contributed by atoms with Gasteiger partial charge in [0.15, 0.2) is 0 Å². The van der Waals surface area contributed by atoms with Gasteiger partial charge in [-0.2, -0.15) is 0 Å². The Morgan fingerprint density at radius 2 is 2.08 bits per heavy atom. The Labute approximate surface area is 87.1 Å². The van der Waals surface area contributed by atoms with Crippen molar-refractivity contribution in [2.45, 2.75) is 6.92 Å². The molecule has 70 valence electrons. The summed E-state index contributed by atoms with van der Waals surface area (Å²) in [6.07, 6.45) is 0. The number of nitrogens with zero attached hydrogens (tertiary/aromatic N) is 1. The molecule has 1 aromatic rings. The first-order valence-electron chi connectivity index (χ1n) is 3.71. The average molecular weight is 218 g/mol. The van der Waals surface area contributed by atoms with Crippen molar-refractivity contribution in [3.05, 3.63) is 28.8 Å². The van der Waals surface area contributed by atoms with Crippen molar-refractivity contribution in [2.24, 2.45) is 0 Å². The van der Waals surface area contributed by atoms with E-state index in [1.807, 2.05) is 6.92 Å². The highest BCUT2D eigenvalue weighted by Crippen LogP contribution is 2.23. The summed E-state index contributed by atoms with van der Waals surface area (Å²) in [6.45, 7) is 1.87. The molecule has 0 aliphatic carbocycles. The number of aryl methyl sites for hydroxylation is 1. The number of rotatable bonds is 1. The Balaban J connectivity index is 3.08. The number of amides is 1. The largest absolute Gasteiger partial charge is 0.320 e. The molecule has 0 saturated heterocycles. The number of carbonyl (C=O) groups excluding carboxylic acids is 1. The Morgan fingerprint density at radius 1 is 1.46 bits per heavy atom. The highest BCUT2D eigenvalue weighted by Gasteiger charge is 2.09. The molecule has 0 spiro atoms. The van der Waals surface area contributed by atoms with Gasteiger partial charge in [0, 0.05) is 17.8 Å². The molecule has 4 heteroatoms. The summed E-state index contributed by atoms with van der Waals surface area (Å²) >= 11 is 11.1. The second-order valence-corrected chi connectivity index (χ2v) is 3.50. The molecule has 1 rings (SSSR count). The van der Waals surface area contributed by atoms with Crippen LogP contribution in [0.4, 0.5) is 10.5 Å². The second-order valence-electron chi connectivity index (χ2n) is 2.74. The van der Waals surface area contributed by atoms with Gasteiger partial charge in [-0.25, -0.2) is 0 Å². The van der Waals surface area contributed by atoms with E-state index in [0.29, 0.717) is 5.02 Å². The third-order valence-electron chi connectivity index (χ3n) is 1.78. The lowest BCUT2D eigenvalue weighted by molar-refractivity contribution is 0.265. The molecule has 0 radical (unpaired) electrons. The van der Waals surface area contributed by atoms with E-state index < -0.39 is 5.37 Å². The maximum atomic E-state index is 10.8. The summed E-state index contributed by atoms with van der Waals surface area (Å²) < 4.78 is 0. The summed E-state index contributed by atoms with van der Waals surface area (Å²) in [4.78, 5) is 12.2. The van der Waals surface area contributed by atoms with Crippen molar-refractivity contribution >= 4 is 34.3 Å². The van der Waals surface area contributed by atoms with Crippen LogP contribution in [0.2, 0.25) is 5.02 Å². The minimum atomic E-state index is -0.509. The molecular formula is C9H9Cl2NO. The summed E-state index contributed by atoms with van der Waals surface area (Å²) in [5.41, 5.74) is 1.69. The van der Waals surface area contributed by atoms with Crippen LogP contribution >= 0.6 is 23.2 Å². The van der Waals surface area contributed by atoms with E-state index in [-0.39, 0.29) is 0 Å². The minimum absolute atomic E-state index is 0.509. The average Bonchev–Trinajstić information content (AvgIpc) is 2.03. The Bertz CT molecular complexity index is 338. The van der Waals surface area contributed by atoms with E-state index in [1.165, 1.54) is 4.90 Å². The van der Waals surface area contributed by atoms with Crippen LogP contribution in [0.5, 0.6) is 0 Å². The molecule has 0 atom stereocenters. The molecule has 0 heterocycles. The molecule has 1 aromatic carbocycles. The summed E-state index contributed by atoms with van der Waals surface area (Å²) in [5.74, 6) is 0. The molecule has 0 N–H and O–H groups in total. The third-order valence-corrected chi connectivity index (χ3v) is 2.27. The fourth-order valence-electron chi connectivity index (χ4n) is 1.09. The van der Waals surface area contributed by atoms with Gasteiger partial charge in [0.05, 0.1) is 0 Å². The van der Waals surface area contributed by atoms with Gasteiger partial charge in [-0.1, -0.05) is 11.6 Å². The van der Waals surface area contributed by atoms with Crippen LogP contribution in [0.15, 0.2) is 18.2 Å². The number of carbonyl (C=O) groups is 1. The lowest BCUT2D eigenvalue weighted by atomic mass is 10.2. The quantitative estimate of drug-likeness (QED) is 0.522. The van der Waals surface area contributed by atoms with Gasteiger partial charge in [-0.15, -0.1) is 0 Å². The van der Waals surface area contributed by atoms with Crippen molar-refractivity contribution in [1.29, 1.82) is 0 Å². The maximum Gasteiger partial charge on any atom is 0.320 e. The zero-order valence-electron chi connectivity index (χ0n) is 7.34. The van der Waals surface area contributed by atoms with Gasteiger partial charge in [0.1, 0.15) is 0 Å². The second kappa shape index (κ2) is 3.99. The first-order chi connectivity index (χ1) is 6.02. The molecule has 0 bridgehead atoms. The zero-order valence-corrected chi connectivity index (χ0v) is 8.86. The topological polar surface area (TPSA) is 20.3 Å². The van der Waals surface area contributed by atoms with Crippen LogP contribution in [0.1, 0.15) is 5.56 Å². The fraction of sp³-hybridized carbons (Fsp3) is 0.222. The molecule has 0 fully saturated rings. The SMILES string of the molecule is Cc1cc(Cl)ccc1N(C)C(=O)Cl. The smallest absolute Gasteiger partial charge is 0.302 e. The normalized spacial score (nSPS) is 9.85. The van der Waals surface area contributed by atoms with Crippen LogP contribution in [0, 0.1) is 6.92 Å². The molecule has 13 heavy (non-hydrogen) atoms. The molecule has 0 saturated carbocycles. The van der Waals surface area contributed by atoms with Gasteiger partial charge in [-0.05, 0) is 42.3 Å². The van der Waals surface area contributed by atoms with Crippen molar-refractivity contribution in [3.63, 3.8) is 0 Å². The van der Waals surface area contributed by atoms with E-state index >= 15 is 0 Å². The Morgan fingerprint density at radius 3 is 2.54 bits per heavy atom. The van der Waals surface area contributed by atoms with E-state index in [2.05, 4.69) is 0 Å². The molecule has 0 aliphatic heterocycles. The summed E-state index contributed by atoms with van der Waals surface area (Å²) in [5, 5.41) is 0.141. The lowest BCUT2D eigenvalue weighted by Gasteiger charge is -2.15. The lowest BCUT2D eigenvalue weighted by Crippen LogP contribution is -2.20. The molecule has 0 aromatic heterocycles. The number of benzene rings is 1. The Hall–Kier alpha value is -0.730. The van der Waals surface area contributed by atoms with E-state index in [4.69, 9.17) is 23.2 Å². The minimum Gasteiger partial charge on any atom is -0.302 e. The number of hydrogen-bond donors (Lipinski definition) is 0. The van der Waals surface area contributed by atoms with Gasteiger partial charge in [-0.3, -0.25) is 4.79 Å². The summed E-state index contributed by atoms with van der Waals surface area (Å²) in [7, 11) is 1.62. The molecular weight excluding hydrogens is 209 g/mol. The third kappa shape index (κ3) is 2.36. The first-order valence-corrected chi connectivity index (χ1v) is 4.47. The van der Waals surface area contributed by atoms with Crippen LogP contribution in [0.3, 0.4) is 0 Å². The van der Waals surface area contributed by atoms with Gasteiger partial charge in [0.25, 0.3) is 0 Å². The first kappa shape index (κ1) is 10.4. The predicted octanol–water partition coefficient (Wildman–Crippen LogP) is 3.44. The number of hydrogen-bond acceptors (Lipinski definition) is 1. The van der Waals surface area contributed by atoms with Crippen LogP contribution in [-0.4, -0.2) is 12.4 Å². The van der Waals surface area contributed by atoms with Crippen molar-refractivity contribution in [2.75, 3.05) is 11.9 Å². The monoisotopic (exact) mass is 217 g/mol. The van der Waals surface area contributed by atoms with Crippen LogP contribution in [-0.2, 0) is 0 Å². The highest BCUT2D eigenvalue weighted by molar-refractivity contribution is 6.66. The van der Waals surface area contributed by atoms with E-state index in [9.17, 15) is 4.79 Å². The van der Waals surface area contributed by atoms with Crippen LogP contribution in [0.25, 0.3) is 0 Å². The fourth-order valence-corrected chi connectivity index (χ4v) is 1.41. The van der Waals surface area contributed by atoms with E-state index in [0.717, 1.165) is 11.3 Å². The van der Waals surface area contributed by atoms with Crippen molar-refractivity contribution in [3.8, 4) is 0 Å². The molecule has 0 aliphatic rings. The standard InChI is InChI=1S/C9H9Cl2NO/c1-6-5-7(10)3-4-8(6)12(2)9(11)13/h3-5H,1-2H3.